The third-order valence-electron chi connectivity index (χ3n) is 2.82. The van der Waals surface area contributed by atoms with Crippen LogP contribution in [0.4, 0.5) is 5.69 Å². The first-order chi connectivity index (χ1) is 8.79. The molecule has 0 fully saturated rings. The SMILES string of the molecule is NCCC(Nc1cccc(Cl)c1)c1ccccc1. The Kier molecular flexibility index (Phi) is 4.62. The van der Waals surface area contributed by atoms with Gasteiger partial charge in [-0.25, -0.2) is 0 Å². The first-order valence-electron chi connectivity index (χ1n) is 6.06. The van der Waals surface area contributed by atoms with Crippen molar-refractivity contribution < 1.29 is 0 Å². The molecule has 0 spiro atoms. The number of hydrogen-bond acceptors (Lipinski definition) is 2. The van der Waals surface area contributed by atoms with Crippen molar-refractivity contribution in [3.63, 3.8) is 0 Å². The highest BCUT2D eigenvalue weighted by Gasteiger charge is 2.09. The van der Waals surface area contributed by atoms with E-state index >= 15 is 0 Å². The highest BCUT2D eigenvalue weighted by molar-refractivity contribution is 6.30. The lowest BCUT2D eigenvalue weighted by Gasteiger charge is -2.20. The molecule has 2 nitrogen and oxygen atoms in total. The van der Waals surface area contributed by atoms with Crippen LogP contribution < -0.4 is 11.1 Å². The summed E-state index contributed by atoms with van der Waals surface area (Å²) in [6, 6.07) is 18.3. The van der Waals surface area contributed by atoms with Crippen molar-refractivity contribution in [3.05, 3.63) is 65.2 Å². The van der Waals surface area contributed by atoms with Gasteiger partial charge in [-0.3, -0.25) is 0 Å². The largest absolute Gasteiger partial charge is 0.378 e. The zero-order chi connectivity index (χ0) is 12.8. The van der Waals surface area contributed by atoms with Gasteiger partial charge in [-0.1, -0.05) is 48.0 Å². The van der Waals surface area contributed by atoms with E-state index in [2.05, 4.69) is 17.4 Å². The van der Waals surface area contributed by atoms with Crippen LogP contribution in [-0.2, 0) is 0 Å². The molecule has 0 amide bonds. The Hall–Kier alpha value is -1.51. The van der Waals surface area contributed by atoms with E-state index in [0.717, 1.165) is 17.1 Å². The van der Waals surface area contributed by atoms with Crippen molar-refractivity contribution in [2.75, 3.05) is 11.9 Å². The summed E-state index contributed by atoms with van der Waals surface area (Å²) in [6.45, 7) is 0.646. The molecule has 1 unspecified atom stereocenters. The van der Waals surface area contributed by atoms with Crippen molar-refractivity contribution in [2.45, 2.75) is 12.5 Å². The van der Waals surface area contributed by atoms with Gasteiger partial charge in [-0.2, -0.15) is 0 Å². The quantitative estimate of drug-likeness (QED) is 0.857. The molecule has 0 aliphatic rings. The lowest BCUT2D eigenvalue weighted by molar-refractivity contribution is 0.704. The number of halogens is 1. The maximum absolute atomic E-state index is 5.99. The molecule has 0 saturated carbocycles. The molecule has 0 radical (unpaired) electrons. The molecular formula is C15H17ClN2. The van der Waals surface area contributed by atoms with Crippen molar-refractivity contribution in [1.82, 2.24) is 0 Å². The molecule has 0 bridgehead atoms. The minimum absolute atomic E-state index is 0.217. The first-order valence-corrected chi connectivity index (χ1v) is 6.44. The molecule has 0 aromatic heterocycles. The Labute approximate surface area is 113 Å². The van der Waals surface area contributed by atoms with E-state index in [0.29, 0.717) is 6.54 Å². The van der Waals surface area contributed by atoms with Crippen molar-refractivity contribution in [3.8, 4) is 0 Å². The summed E-state index contributed by atoms with van der Waals surface area (Å²) in [5, 5.41) is 4.21. The van der Waals surface area contributed by atoms with E-state index in [1.165, 1.54) is 5.56 Å². The highest BCUT2D eigenvalue weighted by Crippen LogP contribution is 2.23. The lowest BCUT2D eigenvalue weighted by atomic mass is 10.0. The van der Waals surface area contributed by atoms with Gasteiger partial charge in [0, 0.05) is 10.7 Å². The Morgan fingerprint density at radius 3 is 2.50 bits per heavy atom. The summed E-state index contributed by atoms with van der Waals surface area (Å²) in [5.74, 6) is 0. The first kappa shape index (κ1) is 12.9. The molecule has 0 aliphatic carbocycles. The Balaban J connectivity index is 2.16. The fraction of sp³-hybridized carbons (Fsp3) is 0.200. The molecule has 3 heteroatoms. The molecule has 3 N–H and O–H groups in total. The Morgan fingerprint density at radius 2 is 1.83 bits per heavy atom. The molecule has 1 atom stereocenters. The van der Waals surface area contributed by atoms with Crippen LogP contribution in [0.25, 0.3) is 0 Å². The van der Waals surface area contributed by atoms with E-state index in [-0.39, 0.29) is 6.04 Å². The smallest absolute Gasteiger partial charge is 0.0525 e. The van der Waals surface area contributed by atoms with E-state index in [1.807, 2.05) is 42.5 Å². The third-order valence-corrected chi connectivity index (χ3v) is 3.06. The minimum atomic E-state index is 0.217. The highest BCUT2D eigenvalue weighted by atomic mass is 35.5. The molecule has 0 aliphatic heterocycles. The van der Waals surface area contributed by atoms with Gasteiger partial charge in [0.05, 0.1) is 6.04 Å². The van der Waals surface area contributed by atoms with Crippen LogP contribution in [0, 0.1) is 0 Å². The fourth-order valence-electron chi connectivity index (χ4n) is 1.95. The maximum atomic E-state index is 5.99. The van der Waals surface area contributed by atoms with E-state index in [9.17, 15) is 0 Å². The third kappa shape index (κ3) is 3.49. The predicted molar refractivity (Wildman–Crippen MR) is 77.9 cm³/mol. The van der Waals surface area contributed by atoms with Gasteiger partial charge in [-0.15, -0.1) is 0 Å². The number of rotatable bonds is 5. The summed E-state index contributed by atoms with van der Waals surface area (Å²) >= 11 is 5.99. The van der Waals surface area contributed by atoms with Crippen LogP contribution >= 0.6 is 11.6 Å². The molecule has 2 rings (SSSR count). The van der Waals surface area contributed by atoms with Crippen LogP contribution in [0.3, 0.4) is 0 Å². The molecule has 0 saturated heterocycles. The van der Waals surface area contributed by atoms with Crippen LogP contribution in [0.2, 0.25) is 5.02 Å². The van der Waals surface area contributed by atoms with Crippen LogP contribution in [0.15, 0.2) is 54.6 Å². The molecule has 94 valence electrons. The second-order valence-corrected chi connectivity index (χ2v) is 4.63. The fourth-order valence-corrected chi connectivity index (χ4v) is 2.14. The van der Waals surface area contributed by atoms with Crippen molar-refractivity contribution in [2.24, 2.45) is 5.73 Å². The van der Waals surface area contributed by atoms with E-state index in [1.54, 1.807) is 0 Å². The molecule has 2 aromatic rings. The van der Waals surface area contributed by atoms with Crippen LogP contribution in [-0.4, -0.2) is 6.54 Å². The second kappa shape index (κ2) is 6.43. The van der Waals surface area contributed by atoms with Gasteiger partial charge < -0.3 is 11.1 Å². The number of benzene rings is 2. The monoisotopic (exact) mass is 260 g/mol. The average Bonchev–Trinajstić information content (AvgIpc) is 2.39. The summed E-state index contributed by atoms with van der Waals surface area (Å²) in [7, 11) is 0. The van der Waals surface area contributed by atoms with Gasteiger partial charge in [0.15, 0.2) is 0 Å². The summed E-state index contributed by atoms with van der Waals surface area (Å²) in [5.41, 5.74) is 7.94. The normalized spacial score (nSPS) is 12.1. The Bertz CT molecular complexity index is 485. The predicted octanol–water partition coefficient (Wildman–Crippen LogP) is 3.84. The second-order valence-electron chi connectivity index (χ2n) is 4.20. The van der Waals surface area contributed by atoms with Gasteiger partial charge in [-0.05, 0) is 36.7 Å². The minimum Gasteiger partial charge on any atom is -0.378 e. The summed E-state index contributed by atoms with van der Waals surface area (Å²) < 4.78 is 0. The zero-order valence-electron chi connectivity index (χ0n) is 10.1. The molecular weight excluding hydrogens is 244 g/mol. The van der Waals surface area contributed by atoms with Gasteiger partial charge >= 0.3 is 0 Å². The van der Waals surface area contributed by atoms with E-state index in [4.69, 9.17) is 17.3 Å². The van der Waals surface area contributed by atoms with Gasteiger partial charge in [0.2, 0.25) is 0 Å². The standard InChI is InChI=1S/C15H17ClN2/c16-13-7-4-8-14(11-13)18-15(9-10-17)12-5-2-1-3-6-12/h1-8,11,15,18H,9-10,17H2. The number of anilines is 1. The topological polar surface area (TPSA) is 38.0 Å². The Morgan fingerprint density at radius 1 is 1.06 bits per heavy atom. The molecule has 18 heavy (non-hydrogen) atoms. The number of nitrogens with two attached hydrogens (primary N) is 1. The zero-order valence-corrected chi connectivity index (χ0v) is 10.9. The maximum Gasteiger partial charge on any atom is 0.0525 e. The summed E-state index contributed by atoms with van der Waals surface area (Å²) in [6.07, 6.45) is 0.885. The lowest BCUT2D eigenvalue weighted by Crippen LogP contribution is -2.15. The average molecular weight is 261 g/mol. The van der Waals surface area contributed by atoms with Crippen molar-refractivity contribution >= 4 is 17.3 Å². The number of hydrogen-bond donors (Lipinski definition) is 2. The number of nitrogens with one attached hydrogen (secondary N) is 1. The molecule has 2 aromatic carbocycles. The molecule has 0 heterocycles. The van der Waals surface area contributed by atoms with E-state index < -0.39 is 0 Å². The summed E-state index contributed by atoms with van der Waals surface area (Å²) in [4.78, 5) is 0. The van der Waals surface area contributed by atoms with Crippen LogP contribution in [0.1, 0.15) is 18.0 Å². The van der Waals surface area contributed by atoms with Crippen molar-refractivity contribution in [1.29, 1.82) is 0 Å². The van der Waals surface area contributed by atoms with Crippen LogP contribution in [0.5, 0.6) is 0 Å². The van der Waals surface area contributed by atoms with Gasteiger partial charge in [0.1, 0.15) is 0 Å². The van der Waals surface area contributed by atoms with Gasteiger partial charge in [0.25, 0.3) is 0 Å².